The van der Waals surface area contributed by atoms with Crippen LogP contribution in [0.1, 0.15) is 24.2 Å². The number of carbonyl (C=O) groups excluding carboxylic acids is 2. The SMILES string of the molecule is CC1NNC(C(=O)Nc2cnc3[nH]c(-c4cnccc4C(N)=O)cc3c2)C1C. The first-order chi connectivity index (χ1) is 13.4. The molecule has 1 fully saturated rings. The highest BCUT2D eigenvalue weighted by Gasteiger charge is 2.34. The maximum atomic E-state index is 12.5. The maximum absolute atomic E-state index is 12.5. The third-order valence-electron chi connectivity index (χ3n) is 5.18. The van der Waals surface area contributed by atoms with Gasteiger partial charge in [-0.2, -0.15) is 0 Å². The van der Waals surface area contributed by atoms with Crippen molar-refractivity contribution in [1.29, 1.82) is 0 Å². The molecule has 0 aromatic carbocycles. The molecule has 3 unspecified atom stereocenters. The lowest BCUT2D eigenvalue weighted by molar-refractivity contribution is -0.118. The standard InChI is InChI=1S/C19H21N7O2/c1-9-10(2)25-26-16(9)19(28)23-12-5-11-6-15(24-18(11)22-7-12)14-8-21-4-3-13(14)17(20)27/h3-10,16,25-26H,1-2H3,(H2,20,27)(H,22,24)(H,23,28). The van der Waals surface area contributed by atoms with Gasteiger partial charge < -0.3 is 16.0 Å². The molecule has 28 heavy (non-hydrogen) atoms. The topological polar surface area (TPSA) is 138 Å². The third-order valence-corrected chi connectivity index (χ3v) is 5.18. The molecule has 0 radical (unpaired) electrons. The van der Waals surface area contributed by atoms with Crippen molar-refractivity contribution in [1.82, 2.24) is 25.8 Å². The van der Waals surface area contributed by atoms with E-state index >= 15 is 0 Å². The van der Waals surface area contributed by atoms with Gasteiger partial charge in [0.2, 0.25) is 11.8 Å². The molecular formula is C19H21N7O2. The number of amides is 2. The van der Waals surface area contributed by atoms with Crippen LogP contribution in [0.5, 0.6) is 0 Å². The van der Waals surface area contributed by atoms with Crippen LogP contribution in [-0.2, 0) is 4.79 Å². The van der Waals surface area contributed by atoms with Crippen LogP contribution in [0.15, 0.2) is 36.8 Å². The molecule has 1 aliphatic heterocycles. The molecule has 0 bridgehead atoms. The van der Waals surface area contributed by atoms with Crippen LogP contribution in [0.4, 0.5) is 5.69 Å². The lowest BCUT2D eigenvalue weighted by Crippen LogP contribution is -2.41. The Morgan fingerprint density at radius 1 is 1.18 bits per heavy atom. The number of hydrogen-bond acceptors (Lipinski definition) is 6. The molecule has 3 aromatic heterocycles. The summed E-state index contributed by atoms with van der Waals surface area (Å²) in [6.07, 6.45) is 4.69. The number of anilines is 1. The van der Waals surface area contributed by atoms with Gasteiger partial charge in [0.25, 0.3) is 0 Å². The van der Waals surface area contributed by atoms with Crippen LogP contribution in [0.3, 0.4) is 0 Å². The minimum Gasteiger partial charge on any atom is -0.366 e. The number of fused-ring (bicyclic) bond motifs is 1. The molecule has 1 aliphatic rings. The average Bonchev–Trinajstić information content (AvgIpc) is 3.25. The molecule has 4 rings (SSSR count). The summed E-state index contributed by atoms with van der Waals surface area (Å²) < 4.78 is 0. The first kappa shape index (κ1) is 18.1. The van der Waals surface area contributed by atoms with Crippen LogP contribution < -0.4 is 21.9 Å². The van der Waals surface area contributed by atoms with Gasteiger partial charge in [-0.1, -0.05) is 6.92 Å². The maximum Gasteiger partial charge on any atom is 0.249 e. The van der Waals surface area contributed by atoms with Gasteiger partial charge in [-0.3, -0.25) is 20.0 Å². The molecule has 0 saturated carbocycles. The second-order valence-corrected chi connectivity index (χ2v) is 7.03. The van der Waals surface area contributed by atoms with Crippen molar-refractivity contribution in [2.75, 3.05) is 5.32 Å². The van der Waals surface area contributed by atoms with Crippen molar-refractivity contribution in [2.45, 2.75) is 25.9 Å². The fourth-order valence-electron chi connectivity index (χ4n) is 3.35. The number of H-pyrrole nitrogens is 1. The highest BCUT2D eigenvalue weighted by Crippen LogP contribution is 2.27. The quantitative estimate of drug-likeness (QED) is 0.461. The number of nitrogens with one attached hydrogen (secondary N) is 4. The first-order valence-electron chi connectivity index (χ1n) is 8.99. The number of nitrogens with zero attached hydrogens (tertiary/aromatic N) is 2. The largest absolute Gasteiger partial charge is 0.366 e. The molecule has 2 amide bonds. The molecule has 9 nitrogen and oxygen atoms in total. The summed E-state index contributed by atoms with van der Waals surface area (Å²) >= 11 is 0. The predicted octanol–water partition coefficient (Wildman–Crippen LogP) is 1.16. The molecule has 0 aliphatic carbocycles. The van der Waals surface area contributed by atoms with Gasteiger partial charge >= 0.3 is 0 Å². The monoisotopic (exact) mass is 379 g/mol. The second kappa shape index (κ2) is 7.02. The van der Waals surface area contributed by atoms with E-state index in [0.29, 0.717) is 28.2 Å². The number of hydrogen-bond donors (Lipinski definition) is 5. The number of hydrazine groups is 1. The van der Waals surface area contributed by atoms with Crippen molar-refractivity contribution in [2.24, 2.45) is 11.7 Å². The Kier molecular flexibility index (Phi) is 4.54. The highest BCUT2D eigenvalue weighted by molar-refractivity contribution is 6.01. The summed E-state index contributed by atoms with van der Waals surface area (Å²) in [7, 11) is 0. The Labute approximate surface area is 161 Å². The molecule has 0 spiro atoms. The van der Waals surface area contributed by atoms with Gasteiger partial charge in [-0.25, -0.2) is 10.4 Å². The van der Waals surface area contributed by atoms with E-state index in [0.717, 1.165) is 5.39 Å². The van der Waals surface area contributed by atoms with Crippen LogP contribution in [0.2, 0.25) is 0 Å². The number of primary amides is 1. The number of pyridine rings is 2. The minimum absolute atomic E-state index is 0.121. The van der Waals surface area contributed by atoms with Crippen LogP contribution in [0, 0.1) is 5.92 Å². The number of aromatic amines is 1. The van der Waals surface area contributed by atoms with E-state index in [9.17, 15) is 9.59 Å². The highest BCUT2D eigenvalue weighted by atomic mass is 16.2. The Bertz CT molecular complexity index is 1060. The summed E-state index contributed by atoms with van der Waals surface area (Å²) in [5.41, 5.74) is 14.4. The summed E-state index contributed by atoms with van der Waals surface area (Å²) in [5, 5.41) is 3.70. The fraction of sp³-hybridized carbons (Fsp3) is 0.263. The first-order valence-corrected chi connectivity index (χ1v) is 8.99. The van der Waals surface area contributed by atoms with Crippen LogP contribution in [-0.4, -0.2) is 38.8 Å². The van der Waals surface area contributed by atoms with Crippen molar-refractivity contribution >= 4 is 28.5 Å². The van der Waals surface area contributed by atoms with Crippen molar-refractivity contribution in [3.05, 3.63) is 42.4 Å². The van der Waals surface area contributed by atoms with Crippen molar-refractivity contribution < 1.29 is 9.59 Å². The van der Waals surface area contributed by atoms with E-state index in [1.807, 2.05) is 26.0 Å². The average molecular weight is 379 g/mol. The fourth-order valence-corrected chi connectivity index (χ4v) is 3.35. The van der Waals surface area contributed by atoms with E-state index in [-0.39, 0.29) is 23.9 Å². The number of aromatic nitrogens is 3. The van der Waals surface area contributed by atoms with Crippen molar-refractivity contribution in [3.8, 4) is 11.3 Å². The van der Waals surface area contributed by atoms with E-state index in [1.54, 1.807) is 18.5 Å². The van der Waals surface area contributed by atoms with E-state index in [2.05, 4.69) is 31.1 Å². The zero-order valence-electron chi connectivity index (χ0n) is 15.5. The molecule has 6 N–H and O–H groups in total. The lowest BCUT2D eigenvalue weighted by atomic mass is 9.97. The summed E-state index contributed by atoms with van der Waals surface area (Å²) in [5.74, 6) is -0.490. The van der Waals surface area contributed by atoms with Crippen molar-refractivity contribution in [3.63, 3.8) is 0 Å². The van der Waals surface area contributed by atoms with Crippen LogP contribution >= 0.6 is 0 Å². The normalized spacial score (nSPS) is 21.7. The van der Waals surface area contributed by atoms with Gasteiger partial charge in [-0.15, -0.1) is 0 Å². The van der Waals surface area contributed by atoms with Gasteiger partial charge in [-0.05, 0) is 31.0 Å². The Hall–Kier alpha value is -3.30. The molecule has 144 valence electrons. The predicted molar refractivity (Wildman–Crippen MR) is 105 cm³/mol. The number of nitrogens with two attached hydrogens (primary N) is 1. The van der Waals surface area contributed by atoms with E-state index in [1.165, 1.54) is 6.20 Å². The van der Waals surface area contributed by atoms with Gasteiger partial charge in [0.15, 0.2) is 0 Å². The molecular weight excluding hydrogens is 358 g/mol. The Balaban J connectivity index is 1.61. The van der Waals surface area contributed by atoms with Gasteiger partial charge in [0, 0.05) is 29.4 Å². The molecule has 9 heteroatoms. The Morgan fingerprint density at radius 3 is 2.71 bits per heavy atom. The van der Waals surface area contributed by atoms with E-state index < -0.39 is 5.91 Å². The summed E-state index contributed by atoms with van der Waals surface area (Å²) in [4.78, 5) is 35.8. The zero-order valence-corrected chi connectivity index (χ0v) is 15.5. The summed E-state index contributed by atoms with van der Waals surface area (Å²) in [6.45, 7) is 4.05. The zero-order chi connectivity index (χ0) is 19.8. The Morgan fingerprint density at radius 2 is 2.00 bits per heavy atom. The molecule has 4 heterocycles. The molecule has 3 aromatic rings. The molecule has 3 atom stereocenters. The summed E-state index contributed by atoms with van der Waals surface area (Å²) in [6, 6.07) is 5.15. The van der Waals surface area contributed by atoms with Gasteiger partial charge in [0.1, 0.15) is 11.7 Å². The smallest absolute Gasteiger partial charge is 0.249 e. The van der Waals surface area contributed by atoms with E-state index in [4.69, 9.17) is 5.73 Å². The minimum atomic E-state index is -0.530. The number of carbonyl (C=O) groups is 2. The van der Waals surface area contributed by atoms with Crippen LogP contribution in [0.25, 0.3) is 22.3 Å². The third kappa shape index (κ3) is 3.21. The number of rotatable bonds is 4. The lowest BCUT2D eigenvalue weighted by Gasteiger charge is -2.15. The van der Waals surface area contributed by atoms with Gasteiger partial charge in [0.05, 0.1) is 23.1 Å². The molecule has 1 saturated heterocycles. The second-order valence-electron chi connectivity index (χ2n) is 7.03.